The summed E-state index contributed by atoms with van der Waals surface area (Å²) < 4.78 is 4.61. The number of amides is 1. The van der Waals surface area contributed by atoms with Crippen molar-refractivity contribution in [2.75, 3.05) is 24.3 Å². The lowest BCUT2D eigenvalue weighted by Crippen LogP contribution is -2.15. The van der Waals surface area contributed by atoms with Gasteiger partial charge in [-0.1, -0.05) is 6.08 Å². The van der Waals surface area contributed by atoms with Crippen LogP contribution in [0.1, 0.15) is 20.8 Å². The Morgan fingerprint density at radius 2 is 2.00 bits per heavy atom. The Kier molecular flexibility index (Phi) is 5.40. The highest BCUT2D eigenvalue weighted by atomic mass is 16.5. The molecule has 0 saturated heterocycles. The van der Waals surface area contributed by atoms with Crippen LogP contribution in [0.15, 0.2) is 49.2 Å². The average molecular weight is 312 g/mol. The molecule has 1 heterocycles. The minimum atomic E-state index is -0.434. The van der Waals surface area contributed by atoms with E-state index >= 15 is 0 Å². The summed E-state index contributed by atoms with van der Waals surface area (Å²) in [5.41, 5.74) is 1.17. The molecule has 7 nitrogen and oxygen atoms in total. The van der Waals surface area contributed by atoms with Crippen LogP contribution in [0.2, 0.25) is 0 Å². The van der Waals surface area contributed by atoms with E-state index in [1.165, 1.54) is 19.4 Å². The summed E-state index contributed by atoms with van der Waals surface area (Å²) >= 11 is 0. The Labute approximate surface area is 133 Å². The Bertz CT molecular complexity index is 714. The van der Waals surface area contributed by atoms with Crippen LogP contribution in [-0.4, -0.2) is 35.5 Å². The molecule has 7 heteroatoms. The van der Waals surface area contributed by atoms with E-state index in [1.54, 1.807) is 30.3 Å². The molecule has 0 aliphatic rings. The molecule has 118 valence electrons. The third-order valence-corrected chi connectivity index (χ3v) is 2.86. The molecule has 0 fully saturated rings. The predicted molar refractivity (Wildman–Crippen MR) is 86.5 cm³/mol. The van der Waals surface area contributed by atoms with Crippen LogP contribution in [0.3, 0.4) is 0 Å². The van der Waals surface area contributed by atoms with Crippen molar-refractivity contribution in [2.45, 2.75) is 0 Å². The number of nitrogens with zero attached hydrogens (tertiary/aromatic N) is 2. The van der Waals surface area contributed by atoms with Crippen LogP contribution in [0.5, 0.6) is 0 Å². The fourth-order valence-electron chi connectivity index (χ4n) is 1.74. The van der Waals surface area contributed by atoms with Gasteiger partial charge in [-0.3, -0.25) is 4.79 Å². The molecule has 2 aromatic rings. The van der Waals surface area contributed by atoms with Crippen molar-refractivity contribution < 1.29 is 14.3 Å². The number of rotatable bonds is 6. The molecule has 0 spiro atoms. The van der Waals surface area contributed by atoms with E-state index in [0.29, 0.717) is 23.7 Å². The molecule has 0 radical (unpaired) electrons. The number of aromatic nitrogens is 2. The summed E-state index contributed by atoms with van der Waals surface area (Å²) in [7, 11) is 1.31. The van der Waals surface area contributed by atoms with Gasteiger partial charge in [0.15, 0.2) is 0 Å². The molecule has 1 aromatic carbocycles. The zero-order valence-electron chi connectivity index (χ0n) is 12.6. The molecule has 23 heavy (non-hydrogen) atoms. The summed E-state index contributed by atoms with van der Waals surface area (Å²) in [6, 6.07) is 7.87. The number of esters is 1. The smallest absolute Gasteiger partial charge is 0.337 e. The Balaban J connectivity index is 2.06. The fraction of sp³-hybridized carbons (Fsp3) is 0.125. The zero-order valence-corrected chi connectivity index (χ0v) is 12.6. The molecule has 0 bridgehead atoms. The maximum Gasteiger partial charge on any atom is 0.337 e. The Morgan fingerprint density at radius 1 is 1.26 bits per heavy atom. The number of hydrogen-bond donors (Lipinski definition) is 2. The van der Waals surface area contributed by atoms with Gasteiger partial charge in [-0.2, -0.15) is 0 Å². The van der Waals surface area contributed by atoms with Gasteiger partial charge < -0.3 is 15.4 Å². The van der Waals surface area contributed by atoms with E-state index in [-0.39, 0.29) is 11.6 Å². The number of carbonyl (C=O) groups is 2. The maximum atomic E-state index is 12.2. The lowest BCUT2D eigenvalue weighted by Gasteiger charge is -2.07. The van der Waals surface area contributed by atoms with E-state index in [2.05, 4.69) is 31.9 Å². The standard InChI is InChI=1S/C16H16N4O3/c1-3-9-17-16-18-10-8-13(20-16)14(21)19-12-6-4-11(5-7-12)15(22)23-2/h3-8,10H,1,9H2,2H3,(H,19,21)(H,17,18,20). The van der Waals surface area contributed by atoms with Gasteiger partial charge in [0.1, 0.15) is 5.69 Å². The number of hydrogen-bond acceptors (Lipinski definition) is 6. The second-order valence-corrected chi connectivity index (χ2v) is 4.46. The van der Waals surface area contributed by atoms with E-state index in [0.717, 1.165) is 0 Å². The maximum absolute atomic E-state index is 12.2. The lowest BCUT2D eigenvalue weighted by molar-refractivity contribution is 0.0600. The number of ether oxygens (including phenoxy) is 1. The number of nitrogens with one attached hydrogen (secondary N) is 2. The van der Waals surface area contributed by atoms with Crippen LogP contribution in [0, 0.1) is 0 Å². The minimum absolute atomic E-state index is 0.226. The third kappa shape index (κ3) is 4.37. The summed E-state index contributed by atoms with van der Waals surface area (Å²) in [6.07, 6.45) is 3.16. The van der Waals surface area contributed by atoms with Gasteiger partial charge in [0, 0.05) is 18.4 Å². The monoisotopic (exact) mass is 312 g/mol. The van der Waals surface area contributed by atoms with Crippen LogP contribution < -0.4 is 10.6 Å². The van der Waals surface area contributed by atoms with E-state index < -0.39 is 5.97 Å². The lowest BCUT2D eigenvalue weighted by atomic mass is 10.2. The van der Waals surface area contributed by atoms with E-state index in [4.69, 9.17) is 0 Å². The second-order valence-electron chi connectivity index (χ2n) is 4.46. The average Bonchev–Trinajstić information content (AvgIpc) is 2.60. The molecule has 0 aliphatic carbocycles. The van der Waals surface area contributed by atoms with Gasteiger partial charge >= 0.3 is 5.97 Å². The van der Waals surface area contributed by atoms with Crippen molar-refractivity contribution in [2.24, 2.45) is 0 Å². The van der Waals surface area contributed by atoms with Crippen molar-refractivity contribution in [1.29, 1.82) is 0 Å². The quantitative estimate of drug-likeness (QED) is 0.627. The first kappa shape index (κ1) is 16.2. The number of benzene rings is 1. The molecule has 0 unspecified atom stereocenters. The summed E-state index contributed by atoms with van der Waals surface area (Å²) in [6.45, 7) is 4.08. The Hall–Kier alpha value is -3.22. The van der Waals surface area contributed by atoms with Gasteiger partial charge in [-0.25, -0.2) is 14.8 Å². The van der Waals surface area contributed by atoms with Crippen molar-refractivity contribution in [1.82, 2.24) is 9.97 Å². The summed E-state index contributed by atoms with van der Waals surface area (Å²) in [5, 5.41) is 5.60. The molecule has 2 N–H and O–H groups in total. The van der Waals surface area contributed by atoms with Gasteiger partial charge in [0.05, 0.1) is 12.7 Å². The highest BCUT2D eigenvalue weighted by molar-refractivity contribution is 6.03. The SMILES string of the molecule is C=CCNc1nccc(C(=O)Nc2ccc(C(=O)OC)cc2)n1. The number of anilines is 2. The molecule has 1 amide bonds. The van der Waals surface area contributed by atoms with Crippen molar-refractivity contribution in [3.63, 3.8) is 0 Å². The second kappa shape index (κ2) is 7.69. The largest absolute Gasteiger partial charge is 0.465 e. The summed E-state index contributed by atoms with van der Waals surface area (Å²) in [4.78, 5) is 31.6. The molecular weight excluding hydrogens is 296 g/mol. The normalized spacial score (nSPS) is 9.78. The third-order valence-electron chi connectivity index (χ3n) is 2.86. The van der Waals surface area contributed by atoms with Gasteiger partial charge in [0.2, 0.25) is 5.95 Å². The Morgan fingerprint density at radius 3 is 2.65 bits per heavy atom. The van der Waals surface area contributed by atoms with Gasteiger partial charge in [0.25, 0.3) is 5.91 Å². The van der Waals surface area contributed by atoms with Gasteiger partial charge in [-0.15, -0.1) is 6.58 Å². The van der Waals surface area contributed by atoms with E-state index in [1.807, 2.05) is 0 Å². The molecule has 1 aromatic heterocycles. The van der Waals surface area contributed by atoms with Crippen LogP contribution >= 0.6 is 0 Å². The molecule has 2 rings (SSSR count). The molecule has 0 atom stereocenters. The van der Waals surface area contributed by atoms with Crippen molar-refractivity contribution >= 4 is 23.5 Å². The van der Waals surface area contributed by atoms with Crippen LogP contribution in [0.4, 0.5) is 11.6 Å². The highest BCUT2D eigenvalue weighted by Crippen LogP contribution is 2.12. The summed E-state index contributed by atoms with van der Waals surface area (Å²) in [5.74, 6) is -0.463. The molecule has 0 saturated carbocycles. The highest BCUT2D eigenvalue weighted by Gasteiger charge is 2.10. The minimum Gasteiger partial charge on any atom is -0.465 e. The first-order valence-corrected chi connectivity index (χ1v) is 6.81. The fourth-order valence-corrected chi connectivity index (χ4v) is 1.74. The van der Waals surface area contributed by atoms with Gasteiger partial charge in [-0.05, 0) is 30.3 Å². The molecule has 0 aliphatic heterocycles. The van der Waals surface area contributed by atoms with Crippen molar-refractivity contribution in [3.8, 4) is 0 Å². The topological polar surface area (TPSA) is 93.2 Å². The van der Waals surface area contributed by atoms with Crippen LogP contribution in [0.25, 0.3) is 0 Å². The van der Waals surface area contributed by atoms with Crippen molar-refractivity contribution in [3.05, 3.63) is 60.4 Å². The van der Waals surface area contributed by atoms with Crippen LogP contribution in [-0.2, 0) is 4.74 Å². The van der Waals surface area contributed by atoms with E-state index in [9.17, 15) is 9.59 Å². The number of carbonyl (C=O) groups excluding carboxylic acids is 2. The predicted octanol–water partition coefficient (Wildman–Crippen LogP) is 2.11. The molecular formula is C16H16N4O3. The first-order valence-electron chi connectivity index (χ1n) is 6.81. The first-order chi connectivity index (χ1) is 11.1. The number of methoxy groups -OCH3 is 1. The zero-order chi connectivity index (χ0) is 16.7.